The van der Waals surface area contributed by atoms with Crippen LogP contribution in [-0.4, -0.2) is 61.7 Å². The molecule has 9 heteroatoms. The van der Waals surface area contributed by atoms with E-state index in [1.165, 1.54) is 4.31 Å². The number of benzene rings is 1. The zero-order valence-electron chi connectivity index (χ0n) is 14.4. The van der Waals surface area contributed by atoms with Gasteiger partial charge >= 0.3 is 5.97 Å². The van der Waals surface area contributed by atoms with Crippen LogP contribution in [0.25, 0.3) is 0 Å². The molecule has 1 amide bonds. The number of carboxylic acid groups (broad SMARTS) is 1. The Balaban J connectivity index is 2.41. The van der Waals surface area contributed by atoms with Crippen LogP contribution in [0.3, 0.4) is 0 Å². The second-order valence-corrected chi connectivity index (χ2v) is 7.24. The minimum Gasteiger partial charge on any atom is -0.482 e. The summed E-state index contributed by atoms with van der Waals surface area (Å²) in [6.07, 6.45) is 0.524. The van der Waals surface area contributed by atoms with E-state index in [9.17, 15) is 18.0 Å². The third kappa shape index (κ3) is 7.53. The van der Waals surface area contributed by atoms with Gasteiger partial charge in [-0.25, -0.2) is 17.5 Å². The van der Waals surface area contributed by atoms with E-state index in [0.29, 0.717) is 31.8 Å². The van der Waals surface area contributed by atoms with E-state index in [-0.39, 0.29) is 0 Å². The summed E-state index contributed by atoms with van der Waals surface area (Å²) in [5, 5.41) is 11.1. The van der Waals surface area contributed by atoms with E-state index in [1.54, 1.807) is 38.1 Å². The topological polar surface area (TPSA) is 113 Å². The maximum atomic E-state index is 12.0. The number of aliphatic carboxylic acids is 1. The Morgan fingerprint density at radius 1 is 1.16 bits per heavy atom. The molecule has 2 N–H and O–H groups in total. The number of ether oxygens (including phenoxy) is 1. The van der Waals surface area contributed by atoms with Gasteiger partial charge < -0.3 is 15.2 Å². The quantitative estimate of drug-likeness (QED) is 0.584. The standard InChI is InChI=1S/C16H24N2O6S/c1-3-18(4-2)25(22,23)12-15(19)17-10-9-13-5-7-14(8-6-13)24-11-16(20)21/h5-8H,3-4,9-12H2,1-2H3,(H,17,19)(H,20,21). The Kier molecular flexibility index (Phi) is 8.36. The largest absolute Gasteiger partial charge is 0.482 e. The van der Waals surface area contributed by atoms with Crippen LogP contribution in [0.5, 0.6) is 5.75 Å². The van der Waals surface area contributed by atoms with Gasteiger partial charge in [-0.05, 0) is 24.1 Å². The van der Waals surface area contributed by atoms with Crippen LogP contribution < -0.4 is 10.1 Å². The molecule has 0 heterocycles. The van der Waals surface area contributed by atoms with E-state index in [0.717, 1.165) is 5.56 Å². The first-order valence-corrected chi connectivity index (χ1v) is 9.57. The number of carboxylic acids is 1. The number of amides is 1. The molecular weight excluding hydrogens is 348 g/mol. The van der Waals surface area contributed by atoms with E-state index >= 15 is 0 Å². The Hall–Kier alpha value is -2.13. The fraction of sp³-hybridized carbons (Fsp3) is 0.500. The molecular formula is C16H24N2O6S. The van der Waals surface area contributed by atoms with Gasteiger partial charge in [-0.3, -0.25) is 4.79 Å². The Bertz CT molecular complexity index is 668. The maximum Gasteiger partial charge on any atom is 0.341 e. The van der Waals surface area contributed by atoms with Gasteiger partial charge in [-0.2, -0.15) is 0 Å². The van der Waals surface area contributed by atoms with Crippen molar-refractivity contribution in [3.63, 3.8) is 0 Å². The third-order valence-electron chi connectivity index (χ3n) is 3.43. The van der Waals surface area contributed by atoms with Crippen LogP contribution in [0.4, 0.5) is 0 Å². The number of carbonyl (C=O) groups is 2. The van der Waals surface area contributed by atoms with E-state index in [2.05, 4.69) is 5.32 Å². The van der Waals surface area contributed by atoms with Crippen molar-refractivity contribution in [2.45, 2.75) is 20.3 Å². The summed E-state index contributed by atoms with van der Waals surface area (Å²) in [4.78, 5) is 22.2. The number of rotatable bonds is 11. The van der Waals surface area contributed by atoms with Crippen molar-refractivity contribution in [2.24, 2.45) is 0 Å². The number of hydrogen-bond donors (Lipinski definition) is 2. The molecule has 0 bridgehead atoms. The summed E-state index contributed by atoms with van der Waals surface area (Å²) in [6.45, 7) is 4.02. The summed E-state index contributed by atoms with van der Waals surface area (Å²) in [5.74, 6) is -1.70. The minimum atomic E-state index is -3.58. The molecule has 0 aromatic heterocycles. The molecule has 0 saturated heterocycles. The first-order valence-electron chi connectivity index (χ1n) is 7.96. The summed E-state index contributed by atoms with van der Waals surface area (Å²) in [6, 6.07) is 6.81. The molecule has 0 fully saturated rings. The van der Waals surface area contributed by atoms with Gasteiger partial charge in [0.25, 0.3) is 0 Å². The van der Waals surface area contributed by atoms with Crippen molar-refractivity contribution in [1.82, 2.24) is 9.62 Å². The molecule has 0 unspecified atom stereocenters. The average molecular weight is 372 g/mol. The molecule has 0 saturated carbocycles. The lowest BCUT2D eigenvalue weighted by Gasteiger charge is -2.17. The summed E-state index contributed by atoms with van der Waals surface area (Å²) >= 11 is 0. The normalized spacial score (nSPS) is 11.3. The van der Waals surface area contributed by atoms with Crippen molar-refractivity contribution >= 4 is 21.9 Å². The second kappa shape index (κ2) is 10.00. The predicted molar refractivity (Wildman–Crippen MR) is 93.0 cm³/mol. The van der Waals surface area contributed by atoms with Gasteiger partial charge in [0.05, 0.1) is 0 Å². The van der Waals surface area contributed by atoms with Gasteiger partial charge in [0.15, 0.2) is 6.61 Å². The molecule has 8 nitrogen and oxygen atoms in total. The molecule has 0 aliphatic heterocycles. The second-order valence-electron chi connectivity index (χ2n) is 5.27. The molecule has 0 atom stereocenters. The van der Waals surface area contributed by atoms with Crippen LogP contribution in [-0.2, 0) is 26.0 Å². The Morgan fingerprint density at radius 2 is 1.76 bits per heavy atom. The minimum absolute atomic E-state index is 0.307. The van der Waals surface area contributed by atoms with Crippen molar-refractivity contribution in [2.75, 3.05) is 32.0 Å². The van der Waals surface area contributed by atoms with Crippen molar-refractivity contribution in [3.05, 3.63) is 29.8 Å². The number of carbonyl (C=O) groups excluding carboxylic acids is 1. The molecule has 0 radical (unpaired) electrons. The smallest absolute Gasteiger partial charge is 0.341 e. The number of sulfonamides is 1. The molecule has 1 rings (SSSR count). The zero-order chi connectivity index (χ0) is 18.9. The van der Waals surface area contributed by atoms with Crippen LogP contribution in [0.15, 0.2) is 24.3 Å². The van der Waals surface area contributed by atoms with E-state index < -0.39 is 34.3 Å². The first kappa shape index (κ1) is 20.9. The molecule has 140 valence electrons. The van der Waals surface area contributed by atoms with Gasteiger partial charge in [-0.1, -0.05) is 26.0 Å². The van der Waals surface area contributed by atoms with Gasteiger partial charge in [0.1, 0.15) is 11.5 Å². The highest BCUT2D eigenvalue weighted by Gasteiger charge is 2.22. The maximum absolute atomic E-state index is 12.0. The molecule has 1 aromatic carbocycles. The first-order chi connectivity index (χ1) is 11.8. The highest BCUT2D eigenvalue weighted by molar-refractivity contribution is 7.89. The van der Waals surface area contributed by atoms with Crippen LogP contribution in [0, 0.1) is 0 Å². The lowest BCUT2D eigenvalue weighted by atomic mass is 10.1. The number of hydrogen-bond acceptors (Lipinski definition) is 5. The molecule has 1 aromatic rings. The van der Waals surface area contributed by atoms with E-state index in [4.69, 9.17) is 9.84 Å². The summed E-state index contributed by atoms with van der Waals surface area (Å²) < 4.78 is 30.3. The Labute approximate surface area is 147 Å². The van der Waals surface area contributed by atoms with E-state index in [1.807, 2.05) is 0 Å². The molecule has 25 heavy (non-hydrogen) atoms. The van der Waals surface area contributed by atoms with Crippen molar-refractivity contribution in [3.8, 4) is 5.75 Å². The predicted octanol–water partition coefficient (Wildman–Crippen LogP) is 0.480. The monoisotopic (exact) mass is 372 g/mol. The van der Waals surface area contributed by atoms with Crippen LogP contribution >= 0.6 is 0 Å². The van der Waals surface area contributed by atoms with Crippen molar-refractivity contribution in [1.29, 1.82) is 0 Å². The molecule has 0 spiro atoms. The highest BCUT2D eigenvalue weighted by atomic mass is 32.2. The summed E-state index contributed by atoms with van der Waals surface area (Å²) in [5.41, 5.74) is 0.912. The van der Waals surface area contributed by atoms with Crippen LogP contribution in [0.1, 0.15) is 19.4 Å². The Morgan fingerprint density at radius 3 is 2.28 bits per heavy atom. The molecule has 0 aliphatic carbocycles. The lowest BCUT2D eigenvalue weighted by molar-refractivity contribution is -0.139. The third-order valence-corrected chi connectivity index (χ3v) is 5.36. The fourth-order valence-electron chi connectivity index (χ4n) is 2.17. The van der Waals surface area contributed by atoms with Gasteiger partial charge in [0.2, 0.25) is 15.9 Å². The number of nitrogens with one attached hydrogen (secondary N) is 1. The zero-order valence-corrected chi connectivity index (χ0v) is 15.2. The average Bonchev–Trinajstić information content (AvgIpc) is 2.54. The highest BCUT2D eigenvalue weighted by Crippen LogP contribution is 2.12. The SMILES string of the molecule is CCN(CC)S(=O)(=O)CC(=O)NCCc1ccc(OCC(=O)O)cc1. The van der Waals surface area contributed by atoms with Crippen LogP contribution in [0.2, 0.25) is 0 Å². The lowest BCUT2D eigenvalue weighted by Crippen LogP contribution is -2.39. The van der Waals surface area contributed by atoms with Gasteiger partial charge in [0, 0.05) is 19.6 Å². The number of nitrogens with zero attached hydrogens (tertiary/aromatic N) is 1. The summed E-state index contributed by atoms with van der Waals surface area (Å²) in [7, 11) is -3.58. The fourth-order valence-corrected chi connectivity index (χ4v) is 3.57. The van der Waals surface area contributed by atoms with Gasteiger partial charge in [-0.15, -0.1) is 0 Å². The molecule has 0 aliphatic rings. The van der Waals surface area contributed by atoms with Crippen molar-refractivity contribution < 1.29 is 27.9 Å².